The Kier molecular flexibility index (Phi) is 11.4. The van der Waals surface area contributed by atoms with Gasteiger partial charge in [-0.2, -0.15) is 0 Å². The summed E-state index contributed by atoms with van der Waals surface area (Å²) in [5.74, 6) is 1.17. The lowest BCUT2D eigenvalue weighted by Crippen LogP contribution is -2.08. The monoisotopic (exact) mass is 1250 g/mol. The molecule has 0 N–H and O–H groups in total. The molecule has 10 heteroatoms. The van der Waals surface area contributed by atoms with E-state index in [0.717, 1.165) is 170 Å². The minimum atomic E-state index is 0.336. The van der Waals surface area contributed by atoms with Crippen molar-refractivity contribution in [2.24, 2.45) is 0 Å². The van der Waals surface area contributed by atoms with Crippen molar-refractivity contribution in [1.82, 2.24) is 24.1 Å². The zero-order valence-electron chi connectivity index (χ0n) is 52.0. The third-order valence-corrected chi connectivity index (χ3v) is 19.8. The molecule has 10 nitrogen and oxygen atoms in total. The number of furan rings is 4. The number of nitrogens with zero attached hydrogens (tertiary/aromatic N) is 6. The van der Waals surface area contributed by atoms with Crippen LogP contribution < -0.4 is 0 Å². The zero-order valence-corrected chi connectivity index (χ0v) is 52.0. The third kappa shape index (κ3) is 7.81. The van der Waals surface area contributed by atoms with Crippen LogP contribution in [0.25, 0.3) is 215 Å². The third-order valence-electron chi connectivity index (χ3n) is 19.8. The summed E-state index contributed by atoms with van der Waals surface area (Å²) in [4.78, 5) is 21.9. The summed E-state index contributed by atoms with van der Waals surface area (Å²) in [6, 6.07) is 100. The zero-order chi connectivity index (χ0) is 64.3. The van der Waals surface area contributed by atoms with Gasteiger partial charge in [0.15, 0.2) is 17.5 Å². The van der Waals surface area contributed by atoms with Gasteiger partial charge in [0.1, 0.15) is 44.7 Å². The summed E-state index contributed by atoms with van der Waals surface area (Å²) in [5.41, 5.74) is 19.2. The Morgan fingerprint density at radius 3 is 1.12 bits per heavy atom. The van der Waals surface area contributed by atoms with E-state index < -0.39 is 0 Å². The fraction of sp³-hybridized carbons (Fsp3) is 0. The smallest absolute Gasteiger partial charge is 0.212 e. The maximum Gasteiger partial charge on any atom is 0.212 e. The van der Waals surface area contributed by atoms with Crippen LogP contribution in [0.5, 0.6) is 0 Å². The van der Waals surface area contributed by atoms with Crippen molar-refractivity contribution in [1.29, 1.82) is 0 Å². The Morgan fingerprint density at radius 2 is 0.653 bits per heavy atom. The normalized spacial score (nSPS) is 12.1. The second kappa shape index (κ2) is 20.7. The average Bonchev–Trinajstić information content (AvgIpc) is 1.49. The van der Waals surface area contributed by atoms with Gasteiger partial charge in [-0.05, 0) is 119 Å². The first-order valence-corrected chi connectivity index (χ1v) is 32.7. The molecular weight excluding hydrogens is 1210 g/mol. The highest BCUT2D eigenvalue weighted by Crippen LogP contribution is 2.53. The highest BCUT2D eigenvalue weighted by atomic mass is 16.3. The molecule has 0 fully saturated rings. The van der Waals surface area contributed by atoms with Crippen LogP contribution in [-0.2, 0) is 0 Å². The first-order chi connectivity index (χ1) is 48.6. The Balaban J connectivity index is 0.970. The number of aromatic nitrogens is 5. The molecule has 0 saturated carbocycles. The highest BCUT2D eigenvalue weighted by Gasteiger charge is 2.32. The molecule has 98 heavy (non-hydrogen) atoms. The maximum absolute atomic E-state index is 9.78. The van der Waals surface area contributed by atoms with Crippen LogP contribution in [0.15, 0.2) is 309 Å². The number of benzene rings is 14. The summed E-state index contributed by atoms with van der Waals surface area (Å²) in [5, 5.41) is 11.4. The average molecular weight is 1250 g/mol. The summed E-state index contributed by atoms with van der Waals surface area (Å²) in [6.07, 6.45) is 0. The van der Waals surface area contributed by atoms with Crippen LogP contribution in [0.2, 0.25) is 0 Å². The molecule has 0 aliphatic carbocycles. The molecular formula is C88H48N6O4. The molecule has 0 amide bonds. The van der Waals surface area contributed by atoms with Gasteiger partial charge in [-0.15, -0.1) is 0 Å². The van der Waals surface area contributed by atoms with Crippen LogP contribution in [0, 0.1) is 6.57 Å². The number of fused-ring (bicyclic) bond motifs is 20. The van der Waals surface area contributed by atoms with E-state index in [1.807, 2.05) is 103 Å². The van der Waals surface area contributed by atoms with E-state index in [0.29, 0.717) is 45.6 Å². The van der Waals surface area contributed by atoms with Gasteiger partial charge in [-0.25, -0.2) is 19.8 Å². The van der Waals surface area contributed by atoms with Crippen molar-refractivity contribution in [3.63, 3.8) is 0 Å². The fourth-order valence-corrected chi connectivity index (χ4v) is 15.6. The molecule has 0 aliphatic rings. The Bertz CT molecular complexity index is 6870. The summed E-state index contributed by atoms with van der Waals surface area (Å²) < 4.78 is 32.1. The predicted molar refractivity (Wildman–Crippen MR) is 396 cm³/mol. The first kappa shape index (κ1) is 53.8. The predicted octanol–water partition coefficient (Wildman–Crippen LogP) is 24.2. The summed E-state index contributed by atoms with van der Waals surface area (Å²) >= 11 is 0. The molecule has 0 unspecified atom stereocenters. The SMILES string of the molecule is [C-]#[N+]c1cc(-c2nc(-c3cccc4oc5ccccc5c34)nc(-c3cccc4oc5ccccc5c34)n2)c(-n2c3ccc(-c4ccccc4)cc3c3c4oc5ccccc5c4ccc32)c(-c2ccccc2)c1-n1c2ccc(-c3ccccc3)cc2c2c3oc4ccccc4c3ccc21. The van der Waals surface area contributed by atoms with Crippen molar-refractivity contribution in [3.8, 4) is 78.9 Å². The molecule has 0 bridgehead atoms. The molecule has 14 aromatic carbocycles. The minimum absolute atomic E-state index is 0.336. The van der Waals surface area contributed by atoms with Crippen molar-refractivity contribution in [2.75, 3.05) is 0 Å². The Labute approximate surface area is 557 Å². The van der Waals surface area contributed by atoms with Crippen molar-refractivity contribution in [3.05, 3.63) is 303 Å². The maximum atomic E-state index is 9.78. The molecule has 0 saturated heterocycles. The Morgan fingerprint density at radius 1 is 0.265 bits per heavy atom. The van der Waals surface area contributed by atoms with E-state index in [9.17, 15) is 6.57 Å². The fourth-order valence-electron chi connectivity index (χ4n) is 15.6. The number of hydrogen-bond acceptors (Lipinski definition) is 7. The van der Waals surface area contributed by atoms with Gasteiger partial charge >= 0.3 is 0 Å². The van der Waals surface area contributed by atoms with Gasteiger partial charge < -0.3 is 26.8 Å². The standard InChI is InChI=1S/C88H48N6O4/c1-89-66-49-65(88-91-86(61-31-19-37-75-78(61)59-29-13-17-35-73(59)95-75)90-87(92-88)62-32-20-38-76-79(62)60-30-14-18-36-74(60)96-76)82(93-67-43-39-53(50-21-5-2-6-22-50)47-63(67)80-69(93)45-41-57-55-27-11-15-33-71(55)97-84(57)80)77(52-25-9-4-10-26-52)83(66)94-68-44-40-54(51-23-7-3-8-24-51)48-64(68)81-70(94)46-42-58-56-28-12-16-34-72(56)98-85(58)81/h2-49H. The molecule has 7 heterocycles. The topological polar surface area (TPSA) is 105 Å². The van der Waals surface area contributed by atoms with E-state index in [-0.39, 0.29) is 0 Å². The van der Waals surface area contributed by atoms with Crippen LogP contribution in [0.1, 0.15) is 0 Å². The van der Waals surface area contributed by atoms with E-state index in [2.05, 4.69) is 197 Å². The molecule has 21 aromatic rings. The molecule has 7 aromatic heterocycles. The number of rotatable bonds is 8. The largest absolute Gasteiger partial charge is 0.456 e. The Hall–Kier alpha value is -13.6. The van der Waals surface area contributed by atoms with Gasteiger partial charge in [-0.1, -0.05) is 200 Å². The van der Waals surface area contributed by atoms with Gasteiger partial charge in [0.25, 0.3) is 0 Å². The van der Waals surface area contributed by atoms with Crippen molar-refractivity contribution in [2.45, 2.75) is 0 Å². The minimum Gasteiger partial charge on any atom is -0.456 e. The lowest BCUT2D eigenvalue weighted by molar-refractivity contribution is 0.668. The molecule has 0 aliphatic heterocycles. The second-order valence-electron chi connectivity index (χ2n) is 25.1. The van der Waals surface area contributed by atoms with Crippen molar-refractivity contribution < 1.29 is 17.7 Å². The van der Waals surface area contributed by atoms with Crippen molar-refractivity contribution >= 4 is 137 Å². The quantitative estimate of drug-likeness (QED) is 0.140. The van der Waals surface area contributed by atoms with Crippen LogP contribution in [0.4, 0.5) is 5.69 Å². The molecule has 21 rings (SSSR count). The molecule has 0 radical (unpaired) electrons. The molecule has 0 atom stereocenters. The van der Waals surface area contributed by atoms with Gasteiger partial charge in [-0.3, -0.25) is 0 Å². The molecule has 0 spiro atoms. The van der Waals surface area contributed by atoms with E-state index in [4.69, 9.17) is 37.5 Å². The number of para-hydroxylation sites is 4. The summed E-state index contributed by atoms with van der Waals surface area (Å²) in [6.45, 7) is 9.78. The van der Waals surface area contributed by atoms with Gasteiger partial charge in [0.2, 0.25) is 5.69 Å². The van der Waals surface area contributed by atoms with E-state index >= 15 is 0 Å². The number of hydrogen-bond donors (Lipinski definition) is 0. The van der Waals surface area contributed by atoms with Crippen LogP contribution in [-0.4, -0.2) is 24.1 Å². The van der Waals surface area contributed by atoms with E-state index in [1.54, 1.807) is 0 Å². The van der Waals surface area contributed by atoms with Gasteiger partial charge in [0, 0.05) is 76.1 Å². The molecule has 454 valence electrons. The first-order valence-electron chi connectivity index (χ1n) is 32.7. The van der Waals surface area contributed by atoms with E-state index in [1.165, 1.54) is 0 Å². The lowest BCUT2D eigenvalue weighted by atomic mass is 9.94. The second-order valence-corrected chi connectivity index (χ2v) is 25.1. The van der Waals surface area contributed by atoms with Gasteiger partial charge in [0.05, 0.1) is 50.8 Å². The summed E-state index contributed by atoms with van der Waals surface area (Å²) in [7, 11) is 0. The van der Waals surface area contributed by atoms with Crippen LogP contribution in [0.3, 0.4) is 0 Å². The highest BCUT2D eigenvalue weighted by molar-refractivity contribution is 6.27. The van der Waals surface area contributed by atoms with Crippen LogP contribution >= 0.6 is 0 Å². The lowest BCUT2D eigenvalue weighted by Gasteiger charge is -2.24.